The van der Waals surface area contributed by atoms with Gasteiger partial charge in [-0.3, -0.25) is 9.59 Å². The molecule has 0 radical (unpaired) electrons. The summed E-state index contributed by atoms with van der Waals surface area (Å²) in [4.78, 5) is 36.9. The maximum Gasteiger partial charge on any atom is 0.259 e. The number of methoxy groups -OCH3 is 1. The topological polar surface area (TPSA) is 84.4 Å². The summed E-state index contributed by atoms with van der Waals surface area (Å²) in [6.07, 6.45) is 3.34. The zero-order chi connectivity index (χ0) is 23.4. The van der Waals surface area contributed by atoms with E-state index in [2.05, 4.69) is 15.3 Å². The summed E-state index contributed by atoms with van der Waals surface area (Å²) in [5, 5.41) is 2.87. The number of benzene rings is 2. The number of anilines is 1. The summed E-state index contributed by atoms with van der Waals surface area (Å²) < 4.78 is 5.48. The molecule has 170 valence electrons. The smallest absolute Gasteiger partial charge is 0.259 e. The van der Waals surface area contributed by atoms with Crippen LogP contribution in [0.4, 0.5) is 5.69 Å². The fourth-order valence-electron chi connectivity index (χ4n) is 4.26. The molecule has 1 aliphatic rings. The van der Waals surface area contributed by atoms with E-state index in [0.717, 1.165) is 24.1 Å². The second kappa shape index (κ2) is 9.81. The Hall–Kier alpha value is -3.74. The summed E-state index contributed by atoms with van der Waals surface area (Å²) in [7, 11) is 1.59. The molecule has 4 rings (SSSR count). The van der Waals surface area contributed by atoms with Gasteiger partial charge in [-0.2, -0.15) is 0 Å². The van der Waals surface area contributed by atoms with Crippen LogP contribution in [-0.2, 0) is 0 Å². The van der Waals surface area contributed by atoms with Crippen molar-refractivity contribution >= 4 is 17.5 Å². The molecule has 2 aromatic carbocycles. The molecule has 2 amide bonds. The summed E-state index contributed by atoms with van der Waals surface area (Å²) in [6, 6.07) is 14.9. The Morgan fingerprint density at radius 1 is 1.06 bits per heavy atom. The number of amides is 2. The molecule has 1 aromatic heterocycles. The van der Waals surface area contributed by atoms with Crippen LogP contribution in [0.2, 0.25) is 0 Å². The number of hydrogen-bond acceptors (Lipinski definition) is 5. The molecule has 7 heteroatoms. The maximum atomic E-state index is 13.2. The van der Waals surface area contributed by atoms with Crippen LogP contribution in [0.25, 0.3) is 0 Å². The number of likely N-dealkylation sites (tertiary alicyclic amines) is 1. The Kier molecular flexibility index (Phi) is 6.68. The van der Waals surface area contributed by atoms with Gasteiger partial charge in [0.1, 0.15) is 11.6 Å². The van der Waals surface area contributed by atoms with Gasteiger partial charge in [0.05, 0.1) is 23.9 Å². The Bertz CT molecular complexity index is 1160. The Morgan fingerprint density at radius 3 is 2.58 bits per heavy atom. The molecule has 3 aromatic rings. The Balaban J connectivity index is 1.49. The van der Waals surface area contributed by atoms with E-state index in [1.807, 2.05) is 61.2 Å². The lowest BCUT2D eigenvalue weighted by Gasteiger charge is -2.32. The van der Waals surface area contributed by atoms with E-state index in [-0.39, 0.29) is 17.7 Å². The molecular formula is C26H28N4O3. The third-order valence-corrected chi connectivity index (χ3v) is 5.99. The monoisotopic (exact) mass is 444 g/mol. The van der Waals surface area contributed by atoms with Crippen LogP contribution < -0.4 is 10.1 Å². The van der Waals surface area contributed by atoms with Crippen LogP contribution in [0.1, 0.15) is 56.6 Å². The van der Waals surface area contributed by atoms with Gasteiger partial charge < -0.3 is 15.0 Å². The SMILES string of the molecule is COc1c(C)cccc1C(=O)N1CCCC(c2ncc(C(=O)Nc3ccccc3)c(C)n2)C1. The molecule has 1 unspecified atom stereocenters. The van der Waals surface area contributed by atoms with Crippen molar-refractivity contribution < 1.29 is 14.3 Å². The van der Waals surface area contributed by atoms with Crippen molar-refractivity contribution in [3.05, 3.63) is 82.9 Å². The molecule has 33 heavy (non-hydrogen) atoms. The predicted octanol–water partition coefficient (Wildman–Crippen LogP) is 4.37. The van der Waals surface area contributed by atoms with Gasteiger partial charge in [-0.25, -0.2) is 9.97 Å². The molecule has 0 saturated carbocycles. The first-order valence-corrected chi connectivity index (χ1v) is 11.1. The van der Waals surface area contributed by atoms with Crippen molar-refractivity contribution in [1.82, 2.24) is 14.9 Å². The molecule has 1 N–H and O–H groups in total. The largest absolute Gasteiger partial charge is 0.496 e. The van der Waals surface area contributed by atoms with Crippen molar-refractivity contribution in [2.75, 3.05) is 25.5 Å². The lowest BCUT2D eigenvalue weighted by molar-refractivity contribution is 0.0701. The van der Waals surface area contributed by atoms with Crippen molar-refractivity contribution in [3.8, 4) is 5.75 Å². The van der Waals surface area contributed by atoms with E-state index in [4.69, 9.17) is 4.74 Å². The molecule has 2 heterocycles. The van der Waals surface area contributed by atoms with E-state index in [1.165, 1.54) is 0 Å². The quantitative estimate of drug-likeness (QED) is 0.632. The number of hydrogen-bond donors (Lipinski definition) is 1. The van der Waals surface area contributed by atoms with Gasteiger partial charge in [0.15, 0.2) is 0 Å². The number of carbonyl (C=O) groups is 2. The minimum atomic E-state index is -0.239. The second-order valence-corrected chi connectivity index (χ2v) is 8.29. The summed E-state index contributed by atoms with van der Waals surface area (Å²) in [5.74, 6) is 1.01. The molecule has 1 saturated heterocycles. The van der Waals surface area contributed by atoms with E-state index in [0.29, 0.717) is 41.5 Å². The minimum absolute atomic E-state index is 0.0171. The highest BCUT2D eigenvalue weighted by Gasteiger charge is 2.29. The number of aromatic nitrogens is 2. The van der Waals surface area contributed by atoms with Gasteiger partial charge in [0.25, 0.3) is 11.8 Å². The molecule has 1 aliphatic heterocycles. The highest BCUT2D eigenvalue weighted by atomic mass is 16.5. The zero-order valence-electron chi connectivity index (χ0n) is 19.2. The third-order valence-electron chi connectivity index (χ3n) is 5.99. The highest BCUT2D eigenvalue weighted by Crippen LogP contribution is 2.29. The zero-order valence-corrected chi connectivity index (χ0v) is 19.2. The number of carbonyl (C=O) groups excluding carboxylic acids is 2. The summed E-state index contributed by atoms with van der Waals surface area (Å²) in [5.41, 5.74) is 3.29. The van der Waals surface area contributed by atoms with E-state index in [9.17, 15) is 9.59 Å². The number of rotatable bonds is 5. The van der Waals surface area contributed by atoms with Crippen LogP contribution >= 0.6 is 0 Å². The van der Waals surface area contributed by atoms with Gasteiger partial charge in [-0.05, 0) is 50.5 Å². The van der Waals surface area contributed by atoms with Crippen LogP contribution in [0, 0.1) is 13.8 Å². The van der Waals surface area contributed by atoms with Gasteiger partial charge in [-0.15, -0.1) is 0 Å². The molecule has 0 bridgehead atoms. The Morgan fingerprint density at radius 2 is 1.85 bits per heavy atom. The first-order valence-electron chi connectivity index (χ1n) is 11.1. The van der Waals surface area contributed by atoms with Gasteiger partial charge in [0, 0.05) is 30.9 Å². The number of aryl methyl sites for hydroxylation is 2. The first kappa shape index (κ1) is 22.5. The fraction of sp³-hybridized carbons (Fsp3) is 0.308. The van der Waals surface area contributed by atoms with Gasteiger partial charge >= 0.3 is 0 Å². The first-order chi connectivity index (χ1) is 16.0. The van der Waals surface area contributed by atoms with Crippen LogP contribution in [0.3, 0.4) is 0 Å². The van der Waals surface area contributed by atoms with Crippen LogP contribution in [-0.4, -0.2) is 46.9 Å². The maximum absolute atomic E-state index is 13.2. The third kappa shape index (κ3) is 4.87. The van der Waals surface area contributed by atoms with Crippen molar-refractivity contribution in [2.45, 2.75) is 32.6 Å². The number of nitrogens with one attached hydrogen (secondary N) is 1. The molecule has 7 nitrogen and oxygen atoms in total. The number of ether oxygens (including phenoxy) is 1. The number of para-hydroxylation sites is 2. The summed E-state index contributed by atoms with van der Waals surface area (Å²) in [6.45, 7) is 4.96. The number of nitrogens with zero attached hydrogens (tertiary/aromatic N) is 3. The molecular weight excluding hydrogens is 416 g/mol. The molecule has 1 atom stereocenters. The standard InChI is InChI=1S/C26H28N4O3/c1-17-9-7-13-21(23(17)33-3)26(32)30-14-8-10-19(16-30)24-27-15-22(18(2)28-24)25(31)29-20-11-5-4-6-12-20/h4-7,9,11-13,15,19H,8,10,14,16H2,1-3H3,(H,29,31). The summed E-state index contributed by atoms with van der Waals surface area (Å²) >= 11 is 0. The number of piperidine rings is 1. The van der Waals surface area contributed by atoms with E-state index in [1.54, 1.807) is 19.4 Å². The molecule has 0 aliphatic carbocycles. The molecule has 0 spiro atoms. The molecule has 1 fully saturated rings. The van der Waals surface area contributed by atoms with E-state index < -0.39 is 0 Å². The fourth-order valence-corrected chi connectivity index (χ4v) is 4.26. The van der Waals surface area contributed by atoms with Gasteiger partial charge in [0.2, 0.25) is 0 Å². The normalized spacial score (nSPS) is 15.7. The van der Waals surface area contributed by atoms with Crippen LogP contribution in [0.15, 0.2) is 54.7 Å². The van der Waals surface area contributed by atoms with Gasteiger partial charge in [-0.1, -0.05) is 30.3 Å². The minimum Gasteiger partial charge on any atom is -0.496 e. The van der Waals surface area contributed by atoms with Crippen molar-refractivity contribution in [2.24, 2.45) is 0 Å². The Labute approximate surface area is 193 Å². The van der Waals surface area contributed by atoms with Crippen molar-refractivity contribution in [3.63, 3.8) is 0 Å². The predicted molar refractivity (Wildman–Crippen MR) is 127 cm³/mol. The average molecular weight is 445 g/mol. The second-order valence-electron chi connectivity index (χ2n) is 8.29. The average Bonchev–Trinajstić information content (AvgIpc) is 2.84. The van der Waals surface area contributed by atoms with Crippen molar-refractivity contribution in [1.29, 1.82) is 0 Å². The highest BCUT2D eigenvalue weighted by molar-refractivity contribution is 6.04. The lowest BCUT2D eigenvalue weighted by atomic mass is 9.96. The van der Waals surface area contributed by atoms with E-state index >= 15 is 0 Å². The van der Waals surface area contributed by atoms with Crippen LogP contribution in [0.5, 0.6) is 5.75 Å². The lowest BCUT2D eigenvalue weighted by Crippen LogP contribution is -2.39.